The van der Waals surface area contributed by atoms with Gasteiger partial charge in [0, 0.05) is 24.4 Å². The molecule has 0 unspecified atom stereocenters. The summed E-state index contributed by atoms with van der Waals surface area (Å²) in [7, 11) is 0. The number of Topliss-reactive ketones (excluding diaryl/α,β-unsaturated/α-hetero) is 1. The van der Waals surface area contributed by atoms with Gasteiger partial charge >= 0.3 is 5.97 Å². The molecule has 22 heavy (non-hydrogen) atoms. The molecule has 0 spiro atoms. The second-order valence-corrected chi connectivity index (χ2v) is 5.29. The summed E-state index contributed by atoms with van der Waals surface area (Å²) in [6, 6.07) is 4.04. The number of hydrogen-bond donors (Lipinski definition) is 3. The van der Waals surface area contributed by atoms with Crippen molar-refractivity contribution in [1.82, 2.24) is 15.0 Å². The molecule has 4 N–H and O–H groups in total. The zero-order chi connectivity index (χ0) is 16.1. The number of nitrogens with two attached hydrogens (primary N) is 1. The van der Waals surface area contributed by atoms with Gasteiger partial charge in [0.1, 0.15) is 11.6 Å². The Balaban J connectivity index is 1.92. The Hall–Kier alpha value is -2.68. The van der Waals surface area contributed by atoms with E-state index in [1.54, 1.807) is 0 Å². The molecular formula is C13H12N4O4S. The first-order valence-electron chi connectivity index (χ1n) is 6.13. The Morgan fingerprint density at radius 1 is 1.36 bits per heavy atom. The highest BCUT2D eigenvalue weighted by Crippen LogP contribution is 2.13. The van der Waals surface area contributed by atoms with E-state index < -0.39 is 5.97 Å². The smallest absolute Gasteiger partial charge is 0.337 e. The fourth-order valence-electron chi connectivity index (χ4n) is 1.58. The minimum absolute atomic E-state index is 0.0621. The zero-order valence-electron chi connectivity index (χ0n) is 11.3. The molecule has 0 radical (unpaired) electrons. The number of nitrogen functional groups attached to an aromatic ring is 1. The maximum atomic E-state index is 11.8. The van der Waals surface area contributed by atoms with Crippen molar-refractivity contribution in [2.45, 2.75) is 11.6 Å². The molecule has 0 atom stereocenters. The summed E-state index contributed by atoms with van der Waals surface area (Å²) in [5, 5.41) is 9.03. The number of aromatic amines is 1. The maximum absolute atomic E-state index is 11.8. The molecule has 0 fully saturated rings. The number of carboxylic acids is 1. The first-order valence-corrected chi connectivity index (χ1v) is 7.12. The molecule has 0 amide bonds. The maximum Gasteiger partial charge on any atom is 0.337 e. The van der Waals surface area contributed by atoms with Crippen LogP contribution < -0.4 is 11.3 Å². The molecule has 2 aromatic heterocycles. The highest BCUT2D eigenvalue weighted by Gasteiger charge is 2.09. The summed E-state index contributed by atoms with van der Waals surface area (Å²) >= 11 is 1.07. The van der Waals surface area contributed by atoms with Crippen LogP contribution in [0.25, 0.3) is 0 Å². The Bertz CT molecular complexity index is 757. The van der Waals surface area contributed by atoms with Crippen molar-refractivity contribution in [2.75, 3.05) is 11.5 Å². The van der Waals surface area contributed by atoms with Gasteiger partial charge in [0.15, 0.2) is 5.16 Å². The van der Waals surface area contributed by atoms with Crippen molar-refractivity contribution in [3.8, 4) is 0 Å². The number of thioether (sulfide) groups is 1. The van der Waals surface area contributed by atoms with E-state index in [1.807, 2.05) is 0 Å². The van der Waals surface area contributed by atoms with Gasteiger partial charge in [-0.1, -0.05) is 11.8 Å². The van der Waals surface area contributed by atoms with Crippen LogP contribution in [-0.4, -0.2) is 37.6 Å². The monoisotopic (exact) mass is 320 g/mol. The van der Waals surface area contributed by atoms with Crippen molar-refractivity contribution in [1.29, 1.82) is 0 Å². The number of hydrogen-bond acceptors (Lipinski definition) is 7. The fraction of sp³-hybridized carbons (Fsp3) is 0.154. The van der Waals surface area contributed by atoms with Gasteiger partial charge in [0.05, 0.1) is 11.3 Å². The van der Waals surface area contributed by atoms with Gasteiger partial charge in [0.2, 0.25) is 0 Å². The predicted octanol–water partition coefficient (Wildman–Crippen LogP) is 0.349. The summed E-state index contributed by atoms with van der Waals surface area (Å²) < 4.78 is 0. The molecular weight excluding hydrogens is 308 g/mol. The first kappa shape index (κ1) is 15.7. The minimum Gasteiger partial charge on any atom is -0.478 e. The summed E-state index contributed by atoms with van der Waals surface area (Å²) in [5.41, 5.74) is 5.60. The van der Waals surface area contributed by atoms with Crippen LogP contribution in [0.5, 0.6) is 0 Å². The lowest BCUT2D eigenvalue weighted by atomic mass is 10.2. The molecule has 2 aromatic rings. The standard InChI is InChI=1S/C13H12N4O4S/c14-10-4-11(19)17-13(16-10)22-6-9(18)3-8-2-1-7(5-15-8)12(20)21/h1-2,4-5H,3,6H2,(H,20,21)(H3,14,16,17,19). The number of rotatable bonds is 6. The lowest BCUT2D eigenvalue weighted by Crippen LogP contribution is -2.12. The van der Waals surface area contributed by atoms with E-state index in [2.05, 4.69) is 15.0 Å². The molecule has 9 heteroatoms. The van der Waals surface area contributed by atoms with E-state index in [0.29, 0.717) is 5.69 Å². The van der Waals surface area contributed by atoms with E-state index in [4.69, 9.17) is 10.8 Å². The quantitative estimate of drug-likeness (QED) is 0.512. The number of H-pyrrole nitrogens is 1. The normalized spacial score (nSPS) is 10.4. The summed E-state index contributed by atoms with van der Waals surface area (Å²) in [6.45, 7) is 0. The molecule has 8 nitrogen and oxygen atoms in total. The molecule has 0 aliphatic carbocycles. The van der Waals surface area contributed by atoms with Crippen LogP contribution in [0.4, 0.5) is 5.82 Å². The summed E-state index contributed by atoms with van der Waals surface area (Å²) in [4.78, 5) is 44.0. The predicted molar refractivity (Wildman–Crippen MR) is 79.9 cm³/mol. The number of carbonyl (C=O) groups excluding carboxylic acids is 1. The van der Waals surface area contributed by atoms with Crippen molar-refractivity contribution >= 4 is 29.3 Å². The second-order valence-electron chi connectivity index (χ2n) is 4.32. The number of carbonyl (C=O) groups is 2. The molecule has 0 saturated carbocycles. The van der Waals surface area contributed by atoms with Gasteiger partial charge in [-0.3, -0.25) is 14.6 Å². The van der Waals surface area contributed by atoms with Crippen LogP contribution in [0.3, 0.4) is 0 Å². The summed E-state index contributed by atoms with van der Waals surface area (Å²) in [6.07, 6.45) is 1.27. The number of pyridine rings is 1. The van der Waals surface area contributed by atoms with Crippen LogP contribution >= 0.6 is 11.8 Å². The molecule has 0 aliphatic rings. The molecule has 0 saturated heterocycles. The van der Waals surface area contributed by atoms with Crippen LogP contribution in [0.2, 0.25) is 0 Å². The SMILES string of the molecule is Nc1cc(=O)[nH]c(SCC(=O)Cc2ccc(C(=O)O)cn2)n1. The summed E-state index contributed by atoms with van der Waals surface area (Å²) in [5.74, 6) is -1.03. The number of nitrogens with one attached hydrogen (secondary N) is 1. The third kappa shape index (κ3) is 4.42. The Kier molecular flexibility index (Phi) is 4.89. The van der Waals surface area contributed by atoms with Crippen LogP contribution in [0.15, 0.2) is 34.3 Å². The second kappa shape index (κ2) is 6.85. The van der Waals surface area contributed by atoms with Gasteiger partial charge in [-0.2, -0.15) is 0 Å². The van der Waals surface area contributed by atoms with E-state index in [-0.39, 0.29) is 40.1 Å². The van der Waals surface area contributed by atoms with Gasteiger partial charge in [-0.05, 0) is 12.1 Å². The van der Waals surface area contributed by atoms with Crippen molar-refractivity contribution in [3.63, 3.8) is 0 Å². The largest absolute Gasteiger partial charge is 0.478 e. The third-order valence-corrected chi connectivity index (χ3v) is 3.49. The molecule has 2 heterocycles. The van der Waals surface area contributed by atoms with Gasteiger partial charge in [-0.25, -0.2) is 9.78 Å². The third-order valence-electron chi connectivity index (χ3n) is 2.56. The van der Waals surface area contributed by atoms with E-state index >= 15 is 0 Å². The average Bonchev–Trinajstić information content (AvgIpc) is 2.45. The van der Waals surface area contributed by atoms with Gasteiger partial charge < -0.3 is 15.8 Å². The zero-order valence-corrected chi connectivity index (χ0v) is 12.1. The molecule has 0 bridgehead atoms. The van der Waals surface area contributed by atoms with Crippen LogP contribution in [0.1, 0.15) is 16.1 Å². The van der Waals surface area contributed by atoms with E-state index in [0.717, 1.165) is 17.8 Å². The molecule has 0 aliphatic heterocycles. The van der Waals surface area contributed by atoms with Gasteiger partial charge in [-0.15, -0.1) is 0 Å². The molecule has 2 rings (SSSR count). The number of anilines is 1. The molecule has 114 valence electrons. The number of carboxylic acid groups (broad SMARTS) is 1. The number of ketones is 1. The molecule has 0 aromatic carbocycles. The van der Waals surface area contributed by atoms with Crippen LogP contribution in [0, 0.1) is 0 Å². The minimum atomic E-state index is -1.07. The lowest BCUT2D eigenvalue weighted by Gasteiger charge is -2.02. The Morgan fingerprint density at radius 2 is 2.14 bits per heavy atom. The number of nitrogens with zero attached hydrogens (tertiary/aromatic N) is 2. The van der Waals surface area contributed by atoms with E-state index in [9.17, 15) is 14.4 Å². The first-order chi connectivity index (χ1) is 10.4. The number of aromatic nitrogens is 3. The van der Waals surface area contributed by atoms with Gasteiger partial charge in [0.25, 0.3) is 5.56 Å². The van der Waals surface area contributed by atoms with Crippen molar-refractivity contribution in [3.05, 3.63) is 46.0 Å². The van der Waals surface area contributed by atoms with E-state index in [1.165, 1.54) is 18.3 Å². The highest BCUT2D eigenvalue weighted by atomic mass is 32.2. The topological polar surface area (TPSA) is 139 Å². The van der Waals surface area contributed by atoms with Crippen molar-refractivity contribution < 1.29 is 14.7 Å². The van der Waals surface area contributed by atoms with Crippen LogP contribution in [-0.2, 0) is 11.2 Å². The van der Waals surface area contributed by atoms with Crippen molar-refractivity contribution in [2.24, 2.45) is 0 Å². The fourth-order valence-corrected chi connectivity index (χ4v) is 2.32. The number of aromatic carboxylic acids is 1. The average molecular weight is 320 g/mol. The Morgan fingerprint density at radius 3 is 2.73 bits per heavy atom. The highest BCUT2D eigenvalue weighted by molar-refractivity contribution is 7.99. The lowest BCUT2D eigenvalue weighted by molar-refractivity contribution is -0.116. The Labute approximate surface area is 128 Å².